The van der Waals surface area contributed by atoms with Gasteiger partial charge < -0.3 is 10.5 Å². The van der Waals surface area contributed by atoms with Gasteiger partial charge in [-0.2, -0.15) is 15.0 Å². The molecule has 1 aromatic heterocycles. The minimum absolute atomic E-state index is 0.00242. The van der Waals surface area contributed by atoms with Crippen LogP contribution >= 0.6 is 0 Å². The van der Waals surface area contributed by atoms with E-state index in [1.54, 1.807) is 0 Å². The zero-order valence-electron chi connectivity index (χ0n) is 7.43. The number of hydrogen-bond donors (Lipinski definition) is 1. The third-order valence-corrected chi connectivity index (χ3v) is 1.63. The number of nitrogens with zero attached hydrogens (tertiary/aromatic N) is 3. The van der Waals surface area contributed by atoms with Gasteiger partial charge in [-0.1, -0.05) is 0 Å². The van der Waals surface area contributed by atoms with E-state index in [9.17, 15) is 4.39 Å². The highest BCUT2D eigenvalue weighted by Gasteiger charge is 2.17. The number of nitrogens with two attached hydrogens (primary N) is 1. The van der Waals surface area contributed by atoms with Crippen LogP contribution in [0.4, 0.5) is 4.39 Å². The van der Waals surface area contributed by atoms with E-state index in [1.807, 2.05) is 0 Å². The van der Waals surface area contributed by atoms with E-state index >= 15 is 0 Å². The Balaban J connectivity index is 2.36. The van der Waals surface area contributed by atoms with E-state index in [0.29, 0.717) is 0 Å². The van der Waals surface area contributed by atoms with Crippen molar-refractivity contribution in [3.05, 3.63) is 12.4 Å². The third kappa shape index (κ3) is 3.08. The molecule has 0 amide bonds. The number of methoxy groups -OCH3 is 1. The van der Waals surface area contributed by atoms with E-state index in [-0.39, 0.29) is 13.2 Å². The van der Waals surface area contributed by atoms with Crippen molar-refractivity contribution in [2.24, 2.45) is 5.73 Å². The van der Waals surface area contributed by atoms with Crippen LogP contribution in [-0.2, 0) is 11.3 Å². The summed E-state index contributed by atoms with van der Waals surface area (Å²) in [5, 5.41) is 7.63. The van der Waals surface area contributed by atoms with Gasteiger partial charge in [-0.3, -0.25) is 0 Å². The fourth-order valence-corrected chi connectivity index (χ4v) is 0.923. The molecular weight excluding hydrogens is 175 g/mol. The summed E-state index contributed by atoms with van der Waals surface area (Å²) in [4.78, 5) is 1.35. The van der Waals surface area contributed by atoms with Crippen molar-refractivity contribution in [3.63, 3.8) is 0 Å². The number of alkyl halides is 1. The third-order valence-electron chi connectivity index (χ3n) is 1.63. The predicted octanol–water partition coefficient (Wildman–Crippen LogP) is -0.410. The summed E-state index contributed by atoms with van der Waals surface area (Å²) in [6.07, 6.45) is 1.86. The Morgan fingerprint density at radius 2 is 2.15 bits per heavy atom. The molecule has 2 atom stereocenters. The Labute approximate surface area is 75.7 Å². The molecule has 2 N–H and O–H groups in total. The first-order valence-corrected chi connectivity index (χ1v) is 3.96. The van der Waals surface area contributed by atoms with Gasteiger partial charge in [-0.25, -0.2) is 4.39 Å². The Hall–Kier alpha value is -1.01. The second-order valence-corrected chi connectivity index (χ2v) is 2.72. The number of rotatable bonds is 5. The highest BCUT2D eigenvalue weighted by atomic mass is 19.1. The fraction of sp³-hybridized carbons (Fsp3) is 0.714. The van der Waals surface area contributed by atoms with Crippen molar-refractivity contribution in [1.29, 1.82) is 0 Å². The van der Waals surface area contributed by atoms with Crippen LogP contribution < -0.4 is 5.73 Å². The van der Waals surface area contributed by atoms with Gasteiger partial charge in [-0.05, 0) is 0 Å². The molecule has 0 spiro atoms. The summed E-state index contributed by atoms with van der Waals surface area (Å²) in [5.41, 5.74) is 5.54. The van der Waals surface area contributed by atoms with E-state index in [2.05, 4.69) is 14.9 Å². The number of halogens is 1. The van der Waals surface area contributed by atoms with Crippen LogP contribution in [0.1, 0.15) is 0 Å². The van der Waals surface area contributed by atoms with Gasteiger partial charge in [-0.15, -0.1) is 0 Å². The predicted molar refractivity (Wildman–Crippen MR) is 44.8 cm³/mol. The molecule has 6 heteroatoms. The molecule has 0 aliphatic carbocycles. The lowest BCUT2D eigenvalue weighted by Gasteiger charge is -2.14. The monoisotopic (exact) mass is 188 g/mol. The molecule has 0 radical (unpaired) electrons. The van der Waals surface area contributed by atoms with Gasteiger partial charge >= 0.3 is 0 Å². The first kappa shape index (κ1) is 10.1. The fourth-order valence-electron chi connectivity index (χ4n) is 0.923. The maximum atomic E-state index is 13.1. The molecule has 0 bridgehead atoms. The molecule has 0 saturated carbocycles. The van der Waals surface area contributed by atoms with Gasteiger partial charge in [0.05, 0.1) is 31.6 Å². The average Bonchev–Trinajstić information content (AvgIpc) is 2.57. The van der Waals surface area contributed by atoms with Crippen LogP contribution in [0.3, 0.4) is 0 Å². The Bertz CT molecular complexity index is 228. The van der Waals surface area contributed by atoms with E-state index < -0.39 is 12.2 Å². The van der Waals surface area contributed by atoms with Crippen LogP contribution in [0.2, 0.25) is 0 Å². The maximum absolute atomic E-state index is 13.1. The second-order valence-electron chi connectivity index (χ2n) is 2.72. The first-order valence-electron chi connectivity index (χ1n) is 3.96. The highest BCUT2D eigenvalue weighted by molar-refractivity contribution is 4.72. The van der Waals surface area contributed by atoms with Crippen LogP contribution in [-0.4, -0.2) is 40.9 Å². The zero-order valence-corrected chi connectivity index (χ0v) is 7.43. The molecule has 1 heterocycles. The quantitative estimate of drug-likeness (QED) is 0.682. The maximum Gasteiger partial charge on any atom is 0.140 e. The largest absolute Gasteiger partial charge is 0.382 e. The van der Waals surface area contributed by atoms with Gasteiger partial charge in [0.2, 0.25) is 0 Å². The van der Waals surface area contributed by atoms with Gasteiger partial charge in [0.25, 0.3) is 0 Å². The van der Waals surface area contributed by atoms with Crippen LogP contribution in [0, 0.1) is 0 Å². The molecule has 0 saturated heterocycles. The summed E-state index contributed by atoms with van der Waals surface area (Å²) < 4.78 is 17.7. The van der Waals surface area contributed by atoms with Gasteiger partial charge in [0.15, 0.2) is 0 Å². The van der Waals surface area contributed by atoms with Crippen molar-refractivity contribution in [2.45, 2.75) is 18.8 Å². The summed E-state index contributed by atoms with van der Waals surface area (Å²) >= 11 is 0. The minimum atomic E-state index is -1.18. The van der Waals surface area contributed by atoms with E-state index in [1.165, 1.54) is 24.3 Å². The van der Waals surface area contributed by atoms with E-state index in [0.717, 1.165) is 0 Å². The Morgan fingerprint density at radius 3 is 2.69 bits per heavy atom. The van der Waals surface area contributed by atoms with Crippen molar-refractivity contribution >= 4 is 0 Å². The lowest BCUT2D eigenvalue weighted by molar-refractivity contribution is 0.102. The molecule has 74 valence electrons. The molecule has 0 aromatic carbocycles. The molecule has 0 unspecified atom stereocenters. The van der Waals surface area contributed by atoms with E-state index in [4.69, 9.17) is 5.73 Å². The molecule has 0 aliphatic heterocycles. The lowest BCUT2D eigenvalue weighted by atomic mass is 10.2. The van der Waals surface area contributed by atoms with Crippen molar-refractivity contribution in [3.8, 4) is 0 Å². The second kappa shape index (κ2) is 4.88. The molecule has 1 aromatic rings. The van der Waals surface area contributed by atoms with Crippen LogP contribution in [0.25, 0.3) is 0 Å². The average molecular weight is 188 g/mol. The normalized spacial score (nSPS) is 15.6. The topological polar surface area (TPSA) is 66.0 Å². The molecule has 1 rings (SSSR count). The molecule has 0 fully saturated rings. The standard InChI is InChI=1S/C7H13FN4O/c1-13-5-6(8)7(9)4-12-10-2-3-11-12/h2-3,6-7H,4-5,9H2,1H3/t6-,7-/m1/s1. The summed E-state index contributed by atoms with van der Waals surface area (Å²) in [6, 6.07) is -0.632. The summed E-state index contributed by atoms with van der Waals surface area (Å²) in [7, 11) is 1.44. The van der Waals surface area contributed by atoms with Crippen molar-refractivity contribution in [2.75, 3.05) is 13.7 Å². The molecule has 0 aliphatic rings. The summed E-state index contributed by atoms with van der Waals surface area (Å²) in [6.45, 7) is 0.264. The Morgan fingerprint density at radius 1 is 1.54 bits per heavy atom. The first-order chi connectivity index (χ1) is 6.24. The Kier molecular flexibility index (Phi) is 3.78. The minimum Gasteiger partial charge on any atom is -0.382 e. The smallest absolute Gasteiger partial charge is 0.140 e. The molecular formula is C7H13FN4O. The molecule has 13 heavy (non-hydrogen) atoms. The van der Waals surface area contributed by atoms with Crippen LogP contribution in [0.15, 0.2) is 12.4 Å². The molecule has 5 nitrogen and oxygen atoms in total. The van der Waals surface area contributed by atoms with Gasteiger partial charge in [0, 0.05) is 7.11 Å². The number of ether oxygens (including phenoxy) is 1. The van der Waals surface area contributed by atoms with Crippen molar-refractivity contribution in [1.82, 2.24) is 15.0 Å². The summed E-state index contributed by atoms with van der Waals surface area (Å²) in [5.74, 6) is 0. The number of hydrogen-bond acceptors (Lipinski definition) is 4. The SMILES string of the molecule is COC[C@@H](F)[C@H](N)Cn1nccn1. The van der Waals surface area contributed by atoms with Gasteiger partial charge in [0.1, 0.15) is 6.17 Å². The van der Waals surface area contributed by atoms with Crippen LogP contribution in [0.5, 0.6) is 0 Å². The lowest BCUT2D eigenvalue weighted by Crippen LogP contribution is -2.39. The zero-order chi connectivity index (χ0) is 9.68. The number of aromatic nitrogens is 3. The highest BCUT2D eigenvalue weighted by Crippen LogP contribution is 1.99. The van der Waals surface area contributed by atoms with Crippen molar-refractivity contribution < 1.29 is 9.13 Å².